The van der Waals surface area contributed by atoms with Crippen LogP contribution >= 0.6 is 0 Å². The third kappa shape index (κ3) is 2.41. The van der Waals surface area contributed by atoms with Crippen molar-refractivity contribution in [2.45, 2.75) is 31.7 Å². The van der Waals surface area contributed by atoms with Crippen molar-refractivity contribution in [1.29, 1.82) is 0 Å². The summed E-state index contributed by atoms with van der Waals surface area (Å²) in [6.45, 7) is 10.4. The molecular formula is C16H30N4. The van der Waals surface area contributed by atoms with Gasteiger partial charge in [-0.2, -0.15) is 0 Å². The zero-order valence-electron chi connectivity index (χ0n) is 13.0. The van der Waals surface area contributed by atoms with Crippen molar-refractivity contribution in [1.82, 2.24) is 20.4 Å². The summed E-state index contributed by atoms with van der Waals surface area (Å²) in [6.07, 6.45) is 5.63. The van der Waals surface area contributed by atoms with Gasteiger partial charge in [-0.1, -0.05) is 0 Å². The minimum absolute atomic E-state index is 0.635. The highest BCUT2D eigenvalue weighted by atomic mass is 15.2. The highest BCUT2D eigenvalue weighted by Crippen LogP contribution is 2.40. The molecule has 2 spiro atoms. The molecule has 0 aromatic carbocycles. The van der Waals surface area contributed by atoms with Crippen LogP contribution in [0.2, 0.25) is 0 Å². The van der Waals surface area contributed by atoms with Gasteiger partial charge in [-0.25, -0.2) is 0 Å². The SMILES string of the molecule is CN1CC2(CCC(CN3CC4(CCNCC4)C3)NC2)C1. The minimum Gasteiger partial charge on any atom is -0.317 e. The molecule has 0 aromatic rings. The molecule has 4 aliphatic heterocycles. The Hall–Kier alpha value is -0.160. The number of piperidine rings is 2. The second-order valence-electron chi connectivity index (χ2n) is 8.21. The smallest absolute Gasteiger partial charge is 0.0195 e. The van der Waals surface area contributed by atoms with Gasteiger partial charge >= 0.3 is 0 Å². The predicted octanol–water partition coefficient (Wildman–Crippen LogP) is 0.356. The summed E-state index contributed by atoms with van der Waals surface area (Å²) < 4.78 is 0. The van der Waals surface area contributed by atoms with Crippen molar-refractivity contribution in [3.05, 3.63) is 0 Å². The van der Waals surface area contributed by atoms with E-state index in [1.807, 2.05) is 0 Å². The lowest BCUT2D eigenvalue weighted by atomic mass is 9.71. The van der Waals surface area contributed by atoms with Crippen LogP contribution in [0.25, 0.3) is 0 Å². The highest BCUT2D eigenvalue weighted by molar-refractivity contribution is 5.02. The molecule has 0 saturated carbocycles. The van der Waals surface area contributed by atoms with Crippen LogP contribution in [0.5, 0.6) is 0 Å². The summed E-state index contributed by atoms with van der Waals surface area (Å²) >= 11 is 0. The number of nitrogens with zero attached hydrogens (tertiary/aromatic N) is 2. The maximum absolute atomic E-state index is 3.84. The second-order valence-corrected chi connectivity index (χ2v) is 8.21. The van der Waals surface area contributed by atoms with Gasteiger partial charge in [-0.05, 0) is 51.2 Å². The fourth-order valence-electron chi connectivity index (χ4n) is 5.17. The molecule has 4 aliphatic rings. The quantitative estimate of drug-likeness (QED) is 0.763. The van der Waals surface area contributed by atoms with E-state index < -0.39 is 0 Å². The van der Waals surface area contributed by atoms with Gasteiger partial charge < -0.3 is 20.4 Å². The van der Waals surface area contributed by atoms with E-state index in [1.54, 1.807) is 0 Å². The van der Waals surface area contributed by atoms with Crippen molar-refractivity contribution in [2.24, 2.45) is 10.8 Å². The monoisotopic (exact) mass is 278 g/mol. The number of rotatable bonds is 2. The molecule has 114 valence electrons. The van der Waals surface area contributed by atoms with Gasteiger partial charge in [0.05, 0.1) is 0 Å². The summed E-state index contributed by atoms with van der Waals surface area (Å²) in [7, 11) is 2.25. The van der Waals surface area contributed by atoms with Gasteiger partial charge in [0.2, 0.25) is 0 Å². The molecule has 4 rings (SSSR count). The molecule has 0 amide bonds. The first kappa shape index (κ1) is 13.5. The van der Waals surface area contributed by atoms with E-state index in [4.69, 9.17) is 0 Å². The first-order valence-electron chi connectivity index (χ1n) is 8.52. The Kier molecular flexibility index (Phi) is 3.33. The molecule has 2 N–H and O–H groups in total. The molecular weight excluding hydrogens is 248 g/mol. The van der Waals surface area contributed by atoms with Crippen molar-refractivity contribution < 1.29 is 0 Å². The average molecular weight is 278 g/mol. The Labute approximate surface area is 123 Å². The predicted molar refractivity (Wildman–Crippen MR) is 81.9 cm³/mol. The minimum atomic E-state index is 0.635. The van der Waals surface area contributed by atoms with E-state index in [0.717, 1.165) is 6.04 Å². The van der Waals surface area contributed by atoms with Gasteiger partial charge in [0.1, 0.15) is 0 Å². The molecule has 4 heterocycles. The summed E-state index contributed by atoms with van der Waals surface area (Å²) in [4.78, 5) is 5.16. The third-order valence-corrected chi connectivity index (χ3v) is 6.26. The normalized spacial score (nSPS) is 36.8. The van der Waals surface area contributed by atoms with Crippen LogP contribution in [0.15, 0.2) is 0 Å². The summed E-state index contributed by atoms with van der Waals surface area (Å²) in [5.74, 6) is 0. The van der Waals surface area contributed by atoms with Crippen LogP contribution in [0.4, 0.5) is 0 Å². The van der Waals surface area contributed by atoms with Crippen LogP contribution in [0.3, 0.4) is 0 Å². The molecule has 4 heteroatoms. The topological polar surface area (TPSA) is 30.5 Å². The van der Waals surface area contributed by atoms with Gasteiger partial charge in [-0.3, -0.25) is 0 Å². The van der Waals surface area contributed by atoms with Gasteiger partial charge in [0.25, 0.3) is 0 Å². The highest BCUT2D eigenvalue weighted by Gasteiger charge is 2.46. The van der Waals surface area contributed by atoms with Gasteiger partial charge in [0, 0.05) is 50.7 Å². The average Bonchev–Trinajstić information content (AvgIpc) is 2.39. The Bertz CT molecular complexity index is 339. The van der Waals surface area contributed by atoms with Crippen molar-refractivity contribution >= 4 is 0 Å². The zero-order chi connectivity index (χ0) is 13.6. The number of nitrogens with one attached hydrogen (secondary N) is 2. The van der Waals surface area contributed by atoms with Gasteiger partial charge in [0.15, 0.2) is 0 Å². The molecule has 0 aromatic heterocycles. The molecule has 0 radical (unpaired) electrons. The lowest BCUT2D eigenvalue weighted by Crippen LogP contribution is -2.65. The van der Waals surface area contributed by atoms with Crippen LogP contribution < -0.4 is 10.6 Å². The Morgan fingerprint density at radius 3 is 2.35 bits per heavy atom. The number of likely N-dealkylation sites (tertiary alicyclic amines) is 2. The molecule has 1 atom stereocenters. The lowest BCUT2D eigenvalue weighted by Gasteiger charge is -2.55. The van der Waals surface area contributed by atoms with Crippen LogP contribution in [0.1, 0.15) is 25.7 Å². The summed E-state index contributed by atoms with van der Waals surface area (Å²) in [5.41, 5.74) is 1.33. The molecule has 0 bridgehead atoms. The maximum atomic E-state index is 3.84. The Morgan fingerprint density at radius 1 is 1.00 bits per heavy atom. The molecule has 0 aliphatic carbocycles. The first-order valence-corrected chi connectivity index (χ1v) is 8.52. The van der Waals surface area contributed by atoms with E-state index in [2.05, 4.69) is 27.5 Å². The van der Waals surface area contributed by atoms with Gasteiger partial charge in [-0.15, -0.1) is 0 Å². The molecule has 1 unspecified atom stereocenters. The van der Waals surface area contributed by atoms with E-state index in [9.17, 15) is 0 Å². The molecule has 4 nitrogen and oxygen atoms in total. The fourth-order valence-corrected chi connectivity index (χ4v) is 5.17. The van der Waals surface area contributed by atoms with Crippen molar-refractivity contribution in [2.75, 3.05) is 59.4 Å². The van der Waals surface area contributed by atoms with Crippen LogP contribution in [-0.4, -0.2) is 75.2 Å². The maximum Gasteiger partial charge on any atom is 0.0195 e. The van der Waals surface area contributed by atoms with Crippen LogP contribution in [0, 0.1) is 10.8 Å². The zero-order valence-corrected chi connectivity index (χ0v) is 13.0. The summed E-state index contributed by atoms with van der Waals surface area (Å²) in [6, 6.07) is 0.755. The standard InChI is InChI=1S/C16H30N4/c1-19-10-16(11-19)3-2-14(18-9-16)8-20-12-15(13-20)4-6-17-7-5-15/h14,17-18H,2-13H2,1H3. The van der Waals surface area contributed by atoms with Crippen molar-refractivity contribution in [3.63, 3.8) is 0 Å². The van der Waals surface area contributed by atoms with E-state index in [-0.39, 0.29) is 0 Å². The number of hydrogen-bond donors (Lipinski definition) is 2. The Balaban J connectivity index is 1.20. The van der Waals surface area contributed by atoms with E-state index in [0.29, 0.717) is 10.8 Å². The Morgan fingerprint density at radius 2 is 1.75 bits per heavy atom. The summed E-state index contributed by atoms with van der Waals surface area (Å²) in [5, 5.41) is 7.34. The molecule has 20 heavy (non-hydrogen) atoms. The largest absolute Gasteiger partial charge is 0.317 e. The molecule has 4 saturated heterocycles. The first-order chi connectivity index (χ1) is 9.67. The fraction of sp³-hybridized carbons (Fsp3) is 1.00. The molecule has 4 fully saturated rings. The van der Waals surface area contributed by atoms with Crippen LogP contribution in [-0.2, 0) is 0 Å². The van der Waals surface area contributed by atoms with Crippen molar-refractivity contribution in [3.8, 4) is 0 Å². The van der Waals surface area contributed by atoms with E-state index >= 15 is 0 Å². The second kappa shape index (κ2) is 4.94. The van der Waals surface area contributed by atoms with E-state index in [1.165, 1.54) is 78.0 Å². The number of hydrogen-bond acceptors (Lipinski definition) is 4. The third-order valence-electron chi connectivity index (χ3n) is 6.26. The lowest BCUT2D eigenvalue weighted by molar-refractivity contribution is -0.0436.